The van der Waals surface area contributed by atoms with Gasteiger partial charge < -0.3 is 15.5 Å². The molecular formula is C9H21NO2. The van der Waals surface area contributed by atoms with E-state index in [1.54, 1.807) is 0 Å². The minimum Gasteiger partial charge on any atom is -0.396 e. The van der Waals surface area contributed by atoms with Crippen LogP contribution in [0.2, 0.25) is 0 Å². The fourth-order valence-electron chi connectivity index (χ4n) is 1.21. The van der Waals surface area contributed by atoms with Gasteiger partial charge in [-0.25, -0.2) is 0 Å². The topological polar surface area (TPSA) is 52.5 Å². The van der Waals surface area contributed by atoms with Gasteiger partial charge in [-0.15, -0.1) is 0 Å². The van der Waals surface area contributed by atoms with Crippen LogP contribution in [0.4, 0.5) is 0 Å². The minimum absolute atomic E-state index is 0.00910. The molecule has 0 saturated heterocycles. The Morgan fingerprint density at radius 2 is 1.75 bits per heavy atom. The normalized spacial score (nSPS) is 12.0. The van der Waals surface area contributed by atoms with E-state index in [2.05, 4.69) is 19.2 Å². The maximum absolute atomic E-state index is 9.17. The van der Waals surface area contributed by atoms with Gasteiger partial charge in [-0.2, -0.15) is 0 Å². The second-order valence-electron chi connectivity index (χ2n) is 3.27. The van der Waals surface area contributed by atoms with Crippen LogP contribution in [0, 0.1) is 5.41 Å². The molecule has 0 aliphatic rings. The van der Waals surface area contributed by atoms with Crippen LogP contribution in [0.15, 0.2) is 0 Å². The third-order valence-corrected chi connectivity index (χ3v) is 2.62. The molecule has 0 aliphatic heterocycles. The first-order chi connectivity index (χ1) is 5.74. The average molecular weight is 175 g/mol. The van der Waals surface area contributed by atoms with E-state index in [1.807, 2.05) is 0 Å². The van der Waals surface area contributed by atoms with Gasteiger partial charge in [0.25, 0.3) is 0 Å². The summed E-state index contributed by atoms with van der Waals surface area (Å²) in [7, 11) is 0. The lowest BCUT2D eigenvalue weighted by atomic mass is 9.83. The maximum atomic E-state index is 9.17. The molecule has 0 amide bonds. The van der Waals surface area contributed by atoms with Crippen molar-refractivity contribution in [3.63, 3.8) is 0 Å². The Morgan fingerprint density at radius 1 is 1.17 bits per heavy atom. The molecule has 0 heterocycles. The highest BCUT2D eigenvalue weighted by Crippen LogP contribution is 2.23. The molecule has 3 heteroatoms. The molecule has 0 aliphatic carbocycles. The Hall–Kier alpha value is -0.120. The Morgan fingerprint density at radius 3 is 2.08 bits per heavy atom. The smallest absolute Gasteiger partial charge is 0.0555 e. The summed E-state index contributed by atoms with van der Waals surface area (Å²) in [5.41, 5.74) is 0.00910. The van der Waals surface area contributed by atoms with E-state index in [9.17, 15) is 5.11 Å². The Labute approximate surface area is 74.8 Å². The Kier molecular flexibility index (Phi) is 6.34. The molecule has 12 heavy (non-hydrogen) atoms. The number of hydrogen-bond acceptors (Lipinski definition) is 3. The molecule has 0 spiro atoms. The Balaban J connectivity index is 3.76. The van der Waals surface area contributed by atoms with Crippen molar-refractivity contribution in [3.05, 3.63) is 0 Å². The zero-order chi connectivity index (χ0) is 9.45. The SMILES string of the molecule is CCC(CC)(CO)CNCCO. The minimum atomic E-state index is 0.00910. The van der Waals surface area contributed by atoms with Crippen LogP contribution in [0.5, 0.6) is 0 Å². The quantitative estimate of drug-likeness (QED) is 0.490. The summed E-state index contributed by atoms with van der Waals surface area (Å²) >= 11 is 0. The van der Waals surface area contributed by atoms with Gasteiger partial charge in [0, 0.05) is 25.1 Å². The summed E-state index contributed by atoms with van der Waals surface area (Å²) in [6.45, 7) is 5.95. The van der Waals surface area contributed by atoms with Crippen LogP contribution in [0.25, 0.3) is 0 Å². The van der Waals surface area contributed by atoms with Crippen LogP contribution >= 0.6 is 0 Å². The number of aliphatic hydroxyl groups is 2. The van der Waals surface area contributed by atoms with E-state index in [4.69, 9.17) is 5.11 Å². The summed E-state index contributed by atoms with van der Waals surface area (Å²) in [5, 5.41) is 20.8. The van der Waals surface area contributed by atoms with Gasteiger partial charge >= 0.3 is 0 Å². The van der Waals surface area contributed by atoms with E-state index in [1.165, 1.54) is 0 Å². The monoisotopic (exact) mass is 175 g/mol. The lowest BCUT2D eigenvalue weighted by molar-refractivity contribution is 0.111. The predicted molar refractivity (Wildman–Crippen MR) is 50.1 cm³/mol. The fourth-order valence-corrected chi connectivity index (χ4v) is 1.21. The molecule has 0 unspecified atom stereocenters. The number of aliphatic hydroxyl groups excluding tert-OH is 2. The number of nitrogens with one attached hydrogen (secondary N) is 1. The van der Waals surface area contributed by atoms with E-state index in [-0.39, 0.29) is 18.6 Å². The zero-order valence-electron chi connectivity index (χ0n) is 8.14. The standard InChI is InChI=1S/C9H21NO2/c1-3-9(4-2,8-12)7-10-5-6-11/h10-12H,3-8H2,1-2H3. The summed E-state index contributed by atoms with van der Waals surface area (Å²) in [4.78, 5) is 0. The second kappa shape index (κ2) is 6.40. The molecule has 0 aromatic carbocycles. The lowest BCUT2D eigenvalue weighted by Crippen LogP contribution is -2.37. The van der Waals surface area contributed by atoms with Gasteiger partial charge in [-0.05, 0) is 12.8 Å². The van der Waals surface area contributed by atoms with Gasteiger partial charge in [0.15, 0.2) is 0 Å². The number of rotatable bonds is 7. The van der Waals surface area contributed by atoms with Crippen molar-refractivity contribution in [1.82, 2.24) is 5.32 Å². The Bertz CT molecular complexity index is 94.4. The van der Waals surface area contributed by atoms with Crippen molar-refractivity contribution in [2.45, 2.75) is 26.7 Å². The molecule has 0 saturated carbocycles. The van der Waals surface area contributed by atoms with Gasteiger partial charge in [0.1, 0.15) is 0 Å². The van der Waals surface area contributed by atoms with Crippen LogP contribution in [-0.4, -0.2) is 36.5 Å². The summed E-state index contributed by atoms with van der Waals surface area (Å²) in [6.07, 6.45) is 1.94. The molecule has 0 bridgehead atoms. The molecule has 0 atom stereocenters. The predicted octanol–water partition coefficient (Wildman–Crippen LogP) is 0.367. The highest BCUT2D eigenvalue weighted by Gasteiger charge is 2.24. The largest absolute Gasteiger partial charge is 0.396 e. The van der Waals surface area contributed by atoms with Crippen LogP contribution < -0.4 is 5.32 Å². The first-order valence-electron chi connectivity index (χ1n) is 4.67. The van der Waals surface area contributed by atoms with Gasteiger partial charge in [0.05, 0.1) is 6.61 Å². The van der Waals surface area contributed by atoms with E-state index in [0.29, 0.717) is 6.54 Å². The third kappa shape index (κ3) is 3.52. The molecular weight excluding hydrogens is 154 g/mol. The van der Waals surface area contributed by atoms with Gasteiger partial charge in [-0.1, -0.05) is 13.8 Å². The van der Waals surface area contributed by atoms with Crippen molar-refractivity contribution in [2.75, 3.05) is 26.3 Å². The first kappa shape index (κ1) is 11.9. The van der Waals surface area contributed by atoms with Gasteiger partial charge in [-0.3, -0.25) is 0 Å². The van der Waals surface area contributed by atoms with Crippen LogP contribution in [0.1, 0.15) is 26.7 Å². The molecule has 3 nitrogen and oxygen atoms in total. The van der Waals surface area contributed by atoms with Crippen molar-refractivity contribution >= 4 is 0 Å². The molecule has 74 valence electrons. The zero-order valence-corrected chi connectivity index (χ0v) is 8.14. The van der Waals surface area contributed by atoms with E-state index >= 15 is 0 Å². The third-order valence-electron chi connectivity index (χ3n) is 2.62. The van der Waals surface area contributed by atoms with E-state index < -0.39 is 0 Å². The molecule has 0 radical (unpaired) electrons. The van der Waals surface area contributed by atoms with E-state index in [0.717, 1.165) is 19.4 Å². The van der Waals surface area contributed by atoms with Crippen molar-refractivity contribution < 1.29 is 10.2 Å². The first-order valence-corrected chi connectivity index (χ1v) is 4.67. The second-order valence-corrected chi connectivity index (χ2v) is 3.27. The lowest BCUT2D eigenvalue weighted by Gasteiger charge is -2.29. The molecule has 0 rings (SSSR count). The molecule has 0 fully saturated rings. The fraction of sp³-hybridized carbons (Fsp3) is 1.00. The summed E-state index contributed by atoms with van der Waals surface area (Å²) in [6, 6.07) is 0. The molecule has 0 aromatic heterocycles. The van der Waals surface area contributed by atoms with Crippen molar-refractivity contribution in [3.8, 4) is 0 Å². The highest BCUT2D eigenvalue weighted by molar-refractivity contribution is 4.77. The molecule has 0 aromatic rings. The van der Waals surface area contributed by atoms with Crippen molar-refractivity contribution in [2.24, 2.45) is 5.41 Å². The van der Waals surface area contributed by atoms with Crippen LogP contribution in [-0.2, 0) is 0 Å². The average Bonchev–Trinajstić information content (AvgIpc) is 2.14. The van der Waals surface area contributed by atoms with Crippen molar-refractivity contribution in [1.29, 1.82) is 0 Å². The maximum Gasteiger partial charge on any atom is 0.0555 e. The van der Waals surface area contributed by atoms with Crippen LogP contribution in [0.3, 0.4) is 0 Å². The number of hydrogen-bond donors (Lipinski definition) is 3. The summed E-state index contributed by atoms with van der Waals surface area (Å²) < 4.78 is 0. The highest BCUT2D eigenvalue weighted by atomic mass is 16.3. The molecule has 3 N–H and O–H groups in total. The van der Waals surface area contributed by atoms with Gasteiger partial charge in [0.2, 0.25) is 0 Å². The summed E-state index contributed by atoms with van der Waals surface area (Å²) in [5.74, 6) is 0.